The van der Waals surface area contributed by atoms with Crippen molar-refractivity contribution in [3.63, 3.8) is 0 Å². The van der Waals surface area contributed by atoms with Gasteiger partial charge in [0.25, 0.3) is 0 Å². The third-order valence-electron chi connectivity index (χ3n) is 4.58. The van der Waals surface area contributed by atoms with E-state index in [4.69, 9.17) is 18.6 Å². The zero-order chi connectivity index (χ0) is 19.1. The van der Waals surface area contributed by atoms with Crippen LogP contribution >= 0.6 is 15.9 Å². The number of hydrogen-bond donors (Lipinski definition) is 0. The maximum absolute atomic E-state index is 6.34. The molecule has 6 heteroatoms. The molecule has 1 aliphatic heterocycles. The summed E-state index contributed by atoms with van der Waals surface area (Å²) >= 11 is 3.33. The van der Waals surface area contributed by atoms with Gasteiger partial charge in [0, 0.05) is 4.48 Å². The van der Waals surface area contributed by atoms with Crippen molar-refractivity contribution in [2.75, 3.05) is 19.8 Å². The van der Waals surface area contributed by atoms with Gasteiger partial charge in [-0.15, -0.1) is 6.58 Å². The second-order valence-corrected chi connectivity index (χ2v) is 13.7. The highest BCUT2D eigenvalue weighted by Crippen LogP contribution is 2.37. The van der Waals surface area contributed by atoms with E-state index in [0.29, 0.717) is 19.8 Å². The van der Waals surface area contributed by atoms with Crippen LogP contribution in [0.3, 0.4) is 0 Å². The summed E-state index contributed by atoms with van der Waals surface area (Å²) in [6.45, 7) is 20.2. The summed E-state index contributed by atoms with van der Waals surface area (Å²) in [6.07, 6.45) is 5.75. The molecule has 3 atom stereocenters. The van der Waals surface area contributed by atoms with E-state index >= 15 is 0 Å². The van der Waals surface area contributed by atoms with Gasteiger partial charge in [-0.3, -0.25) is 0 Å². The maximum atomic E-state index is 6.34. The van der Waals surface area contributed by atoms with Crippen LogP contribution in [0.2, 0.25) is 18.1 Å². The van der Waals surface area contributed by atoms with Crippen molar-refractivity contribution in [1.82, 2.24) is 0 Å². The molecule has 1 heterocycles. The fourth-order valence-electron chi connectivity index (χ4n) is 1.97. The minimum Gasteiger partial charge on any atom is -0.414 e. The van der Waals surface area contributed by atoms with Crippen molar-refractivity contribution in [3.05, 3.63) is 35.9 Å². The van der Waals surface area contributed by atoms with Gasteiger partial charge in [0.1, 0.15) is 12.2 Å². The van der Waals surface area contributed by atoms with Gasteiger partial charge in [-0.1, -0.05) is 55.4 Å². The molecular formula is C19H33BrO4Si. The molecule has 4 nitrogen and oxygen atoms in total. The Hall–Kier alpha value is -0.243. The first-order valence-corrected chi connectivity index (χ1v) is 12.4. The molecule has 0 bridgehead atoms. The van der Waals surface area contributed by atoms with Gasteiger partial charge in [-0.2, -0.15) is 0 Å². The highest BCUT2D eigenvalue weighted by atomic mass is 79.9. The summed E-state index contributed by atoms with van der Waals surface area (Å²) in [6, 6.07) is 0. The molecule has 0 N–H and O–H groups in total. The van der Waals surface area contributed by atoms with E-state index in [-0.39, 0.29) is 23.5 Å². The van der Waals surface area contributed by atoms with Gasteiger partial charge in [0.15, 0.2) is 14.6 Å². The van der Waals surface area contributed by atoms with Crippen LogP contribution < -0.4 is 0 Å². The highest BCUT2D eigenvalue weighted by Gasteiger charge is 2.39. The van der Waals surface area contributed by atoms with Crippen molar-refractivity contribution >= 4 is 24.2 Å². The van der Waals surface area contributed by atoms with Crippen LogP contribution in [0, 0.1) is 0 Å². The van der Waals surface area contributed by atoms with Gasteiger partial charge < -0.3 is 18.6 Å². The molecule has 0 saturated carbocycles. The fraction of sp³-hybridized carbons (Fsp3) is 0.684. The maximum Gasteiger partial charge on any atom is 0.192 e. The largest absolute Gasteiger partial charge is 0.414 e. The summed E-state index contributed by atoms with van der Waals surface area (Å²) in [5, 5.41) is 0.151. The van der Waals surface area contributed by atoms with Crippen molar-refractivity contribution in [3.8, 4) is 0 Å². The van der Waals surface area contributed by atoms with E-state index in [2.05, 4.69) is 63.0 Å². The topological polar surface area (TPSA) is 36.9 Å². The molecular weight excluding hydrogens is 400 g/mol. The standard InChI is InChI=1S/C19H33BrO4Si/c1-8-9-12-21-18-11-10-16(22-13-15(2)20)17(24-18)14-23-25(6,7)19(3,4)5/h8,10-11,16-18H,1-2,9,12-14H2,3-7H3/t16-,17+,18-/m0/s1. The number of halogens is 1. The Labute approximate surface area is 162 Å². The second-order valence-electron chi connectivity index (χ2n) is 7.74. The van der Waals surface area contributed by atoms with Crippen LogP contribution in [0.4, 0.5) is 0 Å². The molecule has 0 unspecified atom stereocenters. The number of hydrogen-bond acceptors (Lipinski definition) is 4. The Morgan fingerprint density at radius 2 is 1.96 bits per heavy atom. The molecule has 0 spiro atoms. The molecule has 144 valence electrons. The molecule has 1 rings (SSSR count). The van der Waals surface area contributed by atoms with E-state index in [0.717, 1.165) is 10.9 Å². The molecule has 0 fully saturated rings. The van der Waals surface area contributed by atoms with Crippen molar-refractivity contribution in [2.24, 2.45) is 0 Å². The summed E-state index contributed by atoms with van der Waals surface area (Å²) < 4.78 is 24.8. The predicted octanol–water partition coefficient (Wildman–Crippen LogP) is 5.18. The molecule has 0 amide bonds. The molecule has 25 heavy (non-hydrogen) atoms. The lowest BCUT2D eigenvalue weighted by Gasteiger charge is -2.39. The lowest BCUT2D eigenvalue weighted by atomic mass is 10.1. The molecule has 0 aromatic rings. The second kappa shape index (κ2) is 10.2. The number of ether oxygens (including phenoxy) is 3. The molecule has 0 aliphatic carbocycles. The Bertz CT molecular complexity index is 471. The van der Waals surface area contributed by atoms with Crippen molar-refractivity contribution in [2.45, 2.75) is 63.8 Å². The van der Waals surface area contributed by atoms with Crippen LogP contribution in [-0.2, 0) is 18.6 Å². The number of rotatable bonds is 10. The first-order valence-electron chi connectivity index (χ1n) is 8.72. The van der Waals surface area contributed by atoms with Crippen molar-refractivity contribution in [1.29, 1.82) is 0 Å². The van der Waals surface area contributed by atoms with E-state index < -0.39 is 8.32 Å². The minimum absolute atomic E-state index is 0.151. The van der Waals surface area contributed by atoms with Gasteiger partial charge in [0.2, 0.25) is 0 Å². The van der Waals surface area contributed by atoms with E-state index in [1.165, 1.54) is 0 Å². The monoisotopic (exact) mass is 432 g/mol. The lowest BCUT2D eigenvalue weighted by Crippen LogP contribution is -2.47. The van der Waals surface area contributed by atoms with Gasteiger partial charge in [-0.25, -0.2) is 0 Å². The van der Waals surface area contributed by atoms with Crippen molar-refractivity contribution < 1.29 is 18.6 Å². The Kier molecular flexibility index (Phi) is 9.29. The summed E-state index contributed by atoms with van der Waals surface area (Å²) in [5.41, 5.74) is 0. The summed E-state index contributed by atoms with van der Waals surface area (Å²) in [5.74, 6) is 0. The van der Waals surface area contributed by atoms with E-state index in [1.54, 1.807) is 0 Å². The Morgan fingerprint density at radius 3 is 2.52 bits per heavy atom. The van der Waals surface area contributed by atoms with Crippen LogP contribution in [0.5, 0.6) is 0 Å². The normalized spacial score (nSPS) is 24.3. The van der Waals surface area contributed by atoms with E-state index in [1.807, 2.05) is 18.2 Å². The molecule has 0 saturated heterocycles. The minimum atomic E-state index is -1.86. The van der Waals surface area contributed by atoms with E-state index in [9.17, 15) is 0 Å². The van der Waals surface area contributed by atoms with Gasteiger partial charge >= 0.3 is 0 Å². The first-order chi connectivity index (χ1) is 11.6. The zero-order valence-electron chi connectivity index (χ0n) is 16.2. The smallest absolute Gasteiger partial charge is 0.192 e. The van der Waals surface area contributed by atoms with Crippen LogP contribution in [0.15, 0.2) is 35.9 Å². The zero-order valence-corrected chi connectivity index (χ0v) is 18.8. The lowest BCUT2D eigenvalue weighted by molar-refractivity contribution is -0.184. The predicted molar refractivity (Wildman–Crippen MR) is 110 cm³/mol. The molecule has 0 radical (unpaired) electrons. The Morgan fingerprint density at radius 1 is 1.28 bits per heavy atom. The highest BCUT2D eigenvalue weighted by molar-refractivity contribution is 9.11. The summed E-state index contributed by atoms with van der Waals surface area (Å²) in [4.78, 5) is 0. The van der Waals surface area contributed by atoms with Gasteiger partial charge in [-0.05, 0) is 30.6 Å². The summed E-state index contributed by atoms with van der Waals surface area (Å²) in [7, 11) is -1.86. The molecule has 0 aromatic heterocycles. The SMILES string of the molecule is C=CCCO[C@@H]1C=C[C@H](OCC(=C)Br)[C@@H](CO[Si](C)(C)C(C)(C)C)O1. The quantitative estimate of drug-likeness (QED) is 0.270. The third-order valence-corrected chi connectivity index (χ3v) is 9.31. The average Bonchev–Trinajstić information content (AvgIpc) is 2.51. The van der Waals surface area contributed by atoms with Crippen LogP contribution in [0.25, 0.3) is 0 Å². The molecule has 0 aromatic carbocycles. The van der Waals surface area contributed by atoms with Crippen LogP contribution in [0.1, 0.15) is 27.2 Å². The average molecular weight is 433 g/mol. The fourth-order valence-corrected chi connectivity index (χ4v) is 3.12. The first kappa shape index (κ1) is 22.8. The Balaban J connectivity index is 2.72. The molecule has 1 aliphatic rings. The third kappa shape index (κ3) is 7.89. The van der Waals surface area contributed by atoms with Gasteiger partial charge in [0.05, 0.1) is 19.8 Å². The van der Waals surface area contributed by atoms with Crippen LogP contribution in [-0.4, -0.2) is 46.6 Å².